The molecule has 4 nitrogen and oxygen atoms in total. The van der Waals surface area contributed by atoms with E-state index in [-0.39, 0.29) is 5.78 Å². The molecule has 0 radical (unpaired) electrons. The molecule has 1 N–H and O–H groups in total. The number of ketones is 1. The fourth-order valence-corrected chi connectivity index (χ4v) is 3.11. The molecule has 1 heterocycles. The molecule has 0 bridgehead atoms. The minimum Gasteiger partial charge on any atom is -0.312 e. The molecule has 1 aromatic heterocycles. The zero-order valence-electron chi connectivity index (χ0n) is 16.2. The minimum atomic E-state index is -0.529. The number of pyridine rings is 1. The van der Waals surface area contributed by atoms with Crippen molar-refractivity contribution >= 4 is 23.8 Å². The number of hydrogen-bond donors (Lipinski definition) is 1. The predicted molar refractivity (Wildman–Crippen MR) is 115 cm³/mol. The van der Waals surface area contributed by atoms with Gasteiger partial charge in [-0.25, -0.2) is 9.41 Å². The van der Waals surface area contributed by atoms with Crippen molar-refractivity contribution in [3.63, 3.8) is 0 Å². The first kappa shape index (κ1) is 19.9. The van der Waals surface area contributed by atoms with Gasteiger partial charge in [-0.3, -0.25) is 4.79 Å². The molecule has 1 atom stereocenters. The summed E-state index contributed by atoms with van der Waals surface area (Å²) in [6.07, 6.45) is 7.02. The van der Waals surface area contributed by atoms with Gasteiger partial charge in [-0.05, 0) is 29.7 Å². The molecule has 0 fully saturated rings. The lowest BCUT2D eigenvalue weighted by atomic mass is 9.95. The quantitative estimate of drug-likeness (QED) is 0.358. The smallest absolute Gasteiger partial charge is 0.194 e. The summed E-state index contributed by atoms with van der Waals surface area (Å²) in [6, 6.07) is 21.5. The number of carbonyl (C=O) groups is 1. The van der Waals surface area contributed by atoms with Gasteiger partial charge in [0.25, 0.3) is 0 Å². The summed E-state index contributed by atoms with van der Waals surface area (Å²) >= 11 is 0. The Bertz CT molecular complexity index is 1060. The van der Waals surface area contributed by atoms with Crippen molar-refractivity contribution < 1.29 is 9.36 Å². The van der Waals surface area contributed by atoms with Crippen molar-refractivity contribution in [3.8, 4) is 0 Å². The van der Waals surface area contributed by atoms with Gasteiger partial charge in [0.05, 0.1) is 12.5 Å². The minimum absolute atomic E-state index is 0.0678. The summed E-state index contributed by atoms with van der Waals surface area (Å²) < 4.78 is 2.10. The molecular formula is C25H22N3O+. The van der Waals surface area contributed by atoms with Gasteiger partial charge in [-0.15, -0.1) is 0 Å². The van der Waals surface area contributed by atoms with Crippen LogP contribution in [0.1, 0.15) is 35.1 Å². The van der Waals surface area contributed by atoms with Crippen LogP contribution in [0.5, 0.6) is 0 Å². The Balaban J connectivity index is 1.78. The molecule has 0 spiro atoms. The van der Waals surface area contributed by atoms with Gasteiger partial charge < -0.3 is 5.41 Å². The first-order valence-corrected chi connectivity index (χ1v) is 9.34. The van der Waals surface area contributed by atoms with E-state index in [1.807, 2.05) is 73.1 Å². The molecule has 0 aliphatic heterocycles. The molecule has 2 aromatic carbocycles. The topological polar surface area (TPSA) is 49.2 Å². The van der Waals surface area contributed by atoms with E-state index in [4.69, 9.17) is 12.0 Å². The average molecular weight is 380 g/mol. The molecule has 29 heavy (non-hydrogen) atoms. The second-order valence-corrected chi connectivity index (χ2v) is 6.81. The van der Waals surface area contributed by atoms with Crippen molar-refractivity contribution in [2.75, 3.05) is 0 Å². The maximum atomic E-state index is 11.6. The molecule has 3 rings (SSSR count). The van der Waals surface area contributed by atoms with Crippen LogP contribution in [0.25, 0.3) is 16.6 Å². The van der Waals surface area contributed by atoms with E-state index in [1.54, 1.807) is 0 Å². The molecule has 0 amide bonds. The van der Waals surface area contributed by atoms with Crippen LogP contribution in [-0.4, -0.2) is 12.0 Å². The molecule has 0 aliphatic rings. The first-order valence-electron chi connectivity index (χ1n) is 9.34. The number of rotatable bonds is 7. The molecule has 4 heteroatoms. The maximum absolute atomic E-state index is 11.6. The van der Waals surface area contributed by atoms with Crippen LogP contribution in [-0.2, 0) is 11.3 Å². The van der Waals surface area contributed by atoms with Gasteiger partial charge in [-0.2, -0.15) is 0 Å². The lowest BCUT2D eigenvalue weighted by Gasteiger charge is -2.09. The zero-order valence-corrected chi connectivity index (χ0v) is 16.2. The summed E-state index contributed by atoms with van der Waals surface area (Å²) in [7, 11) is 0. The molecule has 3 aromatic rings. The Morgan fingerprint density at radius 1 is 1.07 bits per heavy atom. The van der Waals surface area contributed by atoms with Crippen LogP contribution in [0.15, 0.2) is 79.1 Å². The van der Waals surface area contributed by atoms with Crippen molar-refractivity contribution in [2.45, 2.75) is 19.4 Å². The van der Waals surface area contributed by atoms with Crippen LogP contribution >= 0.6 is 0 Å². The Labute approximate surface area is 171 Å². The third-order valence-electron chi connectivity index (χ3n) is 4.72. The van der Waals surface area contributed by atoms with Crippen molar-refractivity contribution in [3.05, 3.63) is 113 Å². The lowest BCUT2D eigenvalue weighted by Crippen LogP contribution is -2.33. The van der Waals surface area contributed by atoms with Crippen molar-refractivity contribution in [1.82, 2.24) is 0 Å². The highest BCUT2D eigenvalue weighted by Crippen LogP contribution is 2.22. The summed E-state index contributed by atoms with van der Waals surface area (Å²) in [5.74, 6) is -0.597. The Hall–Kier alpha value is -3.84. The molecule has 0 saturated carbocycles. The number of Topliss-reactive ketones (excluding diaryl/α,β-unsaturated/α-hetero) is 1. The molecule has 0 aliphatic carbocycles. The Morgan fingerprint density at radius 2 is 1.72 bits per heavy atom. The fraction of sp³-hybridized carbons (Fsp3) is 0.120. The molecule has 142 valence electrons. The number of hydrogen-bond acceptors (Lipinski definition) is 2. The summed E-state index contributed by atoms with van der Waals surface area (Å²) in [6.45, 7) is 9.82. The van der Waals surface area contributed by atoms with Gasteiger partial charge >= 0.3 is 0 Å². The van der Waals surface area contributed by atoms with E-state index in [0.29, 0.717) is 5.70 Å². The van der Waals surface area contributed by atoms with Crippen molar-refractivity contribution in [1.29, 1.82) is 5.41 Å². The number of nitrogens with zero attached hydrogens (tertiary/aromatic N) is 2. The van der Waals surface area contributed by atoms with Gasteiger partial charge in [0.15, 0.2) is 24.6 Å². The molecule has 1 unspecified atom stereocenters. The second-order valence-electron chi connectivity index (χ2n) is 6.81. The highest BCUT2D eigenvalue weighted by molar-refractivity contribution is 5.98. The van der Waals surface area contributed by atoms with Gasteiger partial charge in [0.1, 0.15) is 5.78 Å². The van der Waals surface area contributed by atoms with Crippen LogP contribution in [0.2, 0.25) is 0 Å². The maximum Gasteiger partial charge on any atom is 0.194 e. The van der Waals surface area contributed by atoms with E-state index in [2.05, 4.69) is 21.5 Å². The van der Waals surface area contributed by atoms with Crippen LogP contribution < -0.4 is 4.57 Å². The van der Waals surface area contributed by atoms with Crippen molar-refractivity contribution in [2.24, 2.45) is 0 Å². The number of nitrogens with one attached hydrogen (secondary N) is 1. The van der Waals surface area contributed by atoms with E-state index in [1.165, 1.54) is 12.5 Å². The SMILES string of the molecule is [C-]#[N+]C(=Cc1cc[n+](Cc2ccccc2)cc1)c1ccc(C(C=N)C(C)=O)cc1. The highest BCUT2D eigenvalue weighted by atomic mass is 16.1. The number of aromatic nitrogens is 1. The zero-order chi connectivity index (χ0) is 20.6. The lowest BCUT2D eigenvalue weighted by molar-refractivity contribution is -0.688. The standard InChI is InChI=1S/C25H22N3O/c1-19(29)24(17-26)22-8-10-23(11-9-22)25(27-2)16-20-12-14-28(15-13-20)18-21-6-4-3-5-7-21/h3-17,24,26H,18H2,1H3/q+1. The van der Waals surface area contributed by atoms with Gasteiger partial charge in [0.2, 0.25) is 0 Å². The van der Waals surface area contributed by atoms with Crippen LogP contribution in [0.4, 0.5) is 0 Å². The van der Waals surface area contributed by atoms with E-state index in [9.17, 15) is 4.79 Å². The van der Waals surface area contributed by atoms with E-state index in [0.717, 1.165) is 29.4 Å². The van der Waals surface area contributed by atoms with Gasteiger partial charge in [0, 0.05) is 23.9 Å². The normalized spacial score (nSPS) is 12.1. The summed E-state index contributed by atoms with van der Waals surface area (Å²) in [5, 5.41) is 7.43. The van der Waals surface area contributed by atoms with E-state index < -0.39 is 5.92 Å². The first-order chi connectivity index (χ1) is 14.1. The monoisotopic (exact) mass is 380 g/mol. The Kier molecular flexibility index (Phi) is 6.44. The van der Waals surface area contributed by atoms with E-state index >= 15 is 0 Å². The fourth-order valence-electron chi connectivity index (χ4n) is 3.11. The summed E-state index contributed by atoms with van der Waals surface area (Å²) in [4.78, 5) is 15.3. The van der Waals surface area contributed by atoms with Gasteiger partial charge in [-0.1, -0.05) is 54.6 Å². The molecule has 0 saturated heterocycles. The average Bonchev–Trinajstić information content (AvgIpc) is 2.75. The van der Waals surface area contributed by atoms with Crippen LogP contribution in [0.3, 0.4) is 0 Å². The third kappa shape index (κ3) is 5.12. The second kappa shape index (κ2) is 9.38. The Morgan fingerprint density at radius 3 is 2.28 bits per heavy atom. The largest absolute Gasteiger partial charge is 0.312 e. The number of benzene rings is 2. The van der Waals surface area contributed by atoms with Crippen LogP contribution in [0, 0.1) is 12.0 Å². The summed E-state index contributed by atoms with van der Waals surface area (Å²) in [5.41, 5.74) is 4.27. The predicted octanol–water partition coefficient (Wildman–Crippen LogP) is 4.76. The molecular weight excluding hydrogens is 358 g/mol. The third-order valence-corrected chi connectivity index (χ3v) is 4.72. The highest BCUT2D eigenvalue weighted by Gasteiger charge is 2.14. The number of carbonyl (C=O) groups excluding carboxylic acids is 1.